The fraction of sp³-hybridized carbons (Fsp3) is 0.558. The molecule has 5 amide bonds. The van der Waals surface area contributed by atoms with Gasteiger partial charge < -0.3 is 35.8 Å². The third-order valence-corrected chi connectivity index (χ3v) is 27.2. The number of nitrogens with one attached hydrogen (secondary N) is 4. The standard InChI is InChI=1S/C77H99F5N10O10S4/c1-50(52-18-20-53(21-19-52)67-51(2)83-49-104-67)84-70(97)63-40-58(93)44-92(63)71(98)68(73(3,4)5)86-65(94)16-12-9-13-17-66(95)91-38-32-88(33-39-91)31-29-56(45-103-59-14-10-8-11-15-59)85-62-27-26-60(41-64(62)105(99,100)77(80,81)82)106(101,102)87-69(96)54-22-24-57(25-23-54)90-36-34-89(35-37-90)43-55-28-30-74(6,7)42-61(55)75-46-76(47-75,48-75)72(78)79/h8,10-11,14-15,18-27,41,49-50,56,58,63,68,72,85,93H,9,12-13,16-17,28-40,42-48H2,1-7H3,(H,84,97)(H,86,94)(H,87,96)/t50-,56+,58+,63-,68+,75?,76?/m0/s1. The molecule has 576 valence electrons. The van der Waals surface area contributed by atoms with E-state index in [0.29, 0.717) is 96.8 Å². The van der Waals surface area contributed by atoms with E-state index in [4.69, 9.17) is 0 Å². The molecule has 1 aromatic heterocycles. The first-order chi connectivity index (χ1) is 50.0. The van der Waals surface area contributed by atoms with Gasteiger partial charge in [0, 0.05) is 125 Å². The van der Waals surface area contributed by atoms with Gasteiger partial charge in [0.15, 0.2) is 0 Å². The molecule has 20 nitrogen and oxygen atoms in total. The predicted molar refractivity (Wildman–Crippen MR) is 400 cm³/mol. The number of likely N-dealkylation sites (tertiary alicyclic amines) is 1. The number of halogens is 5. The number of carbonyl (C=O) groups is 5. The maximum absolute atomic E-state index is 14.6. The van der Waals surface area contributed by atoms with Gasteiger partial charge in [-0.15, -0.1) is 23.1 Å². The van der Waals surface area contributed by atoms with Crippen LogP contribution in [-0.4, -0.2) is 190 Å². The van der Waals surface area contributed by atoms with Crippen molar-refractivity contribution in [3.63, 3.8) is 0 Å². The summed E-state index contributed by atoms with van der Waals surface area (Å²) in [6, 6.07) is 22.5. The first-order valence-electron chi connectivity index (χ1n) is 36.7. The number of aromatic nitrogens is 1. The fourth-order valence-corrected chi connectivity index (χ4v) is 19.8. The Labute approximate surface area is 627 Å². The van der Waals surface area contributed by atoms with Crippen molar-refractivity contribution in [2.75, 3.05) is 88.0 Å². The third-order valence-electron chi connectivity index (χ3n) is 22.2. The van der Waals surface area contributed by atoms with Crippen molar-refractivity contribution in [3.8, 4) is 10.4 Å². The lowest BCUT2D eigenvalue weighted by Crippen LogP contribution is -2.66. The number of aryl methyl sites for hydroxylation is 1. The molecule has 3 aliphatic heterocycles. The van der Waals surface area contributed by atoms with E-state index in [1.54, 1.807) is 33.9 Å². The Kier molecular flexibility index (Phi) is 24.6. The van der Waals surface area contributed by atoms with Gasteiger partial charge in [0.25, 0.3) is 25.8 Å². The molecule has 7 aliphatic rings. The van der Waals surface area contributed by atoms with E-state index in [1.807, 2.05) is 93.9 Å². The largest absolute Gasteiger partial charge is 0.501 e. The molecule has 0 unspecified atom stereocenters. The number of carbonyl (C=O) groups excluding carboxylic acids is 5. The van der Waals surface area contributed by atoms with Crippen LogP contribution in [0.2, 0.25) is 0 Å². The zero-order valence-corrected chi connectivity index (χ0v) is 64.6. The van der Waals surface area contributed by atoms with Crippen LogP contribution in [0.4, 0.5) is 33.3 Å². The van der Waals surface area contributed by atoms with Crippen LogP contribution in [0.25, 0.3) is 10.4 Å². The molecule has 106 heavy (non-hydrogen) atoms. The zero-order chi connectivity index (χ0) is 76.3. The zero-order valence-electron chi connectivity index (χ0n) is 61.3. The molecule has 3 saturated carbocycles. The number of amides is 5. The second-order valence-corrected chi connectivity index (χ2v) is 37.2. The Morgan fingerprint density at radius 3 is 2.09 bits per heavy atom. The summed E-state index contributed by atoms with van der Waals surface area (Å²) < 4.78 is 128. The molecule has 4 heterocycles. The van der Waals surface area contributed by atoms with E-state index in [0.717, 1.165) is 83.3 Å². The molecule has 5 N–H and O–H groups in total. The van der Waals surface area contributed by atoms with Crippen LogP contribution in [-0.2, 0) is 39.0 Å². The van der Waals surface area contributed by atoms with Crippen LogP contribution in [0, 0.1) is 28.6 Å². The Bertz CT molecular complexity index is 4240. The lowest BCUT2D eigenvalue weighted by Gasteiger charge is -2.72. The number of aliphatic hydroxyl groups excluding tert-OH is 1. The number of aliphatic hydroxyl groups is 1. The summed E-state index contributed by atoms with van der Waals surface area (Å²) in [5, 5.41) is 19.7. The van der Waals surface area contributed by atoms with Gasteiger partial charge in [-0.2, -0.15) is 13.2 Å². The van der Waals surface area contributed by atoms with Crippen LogP contribution < -0.4 is 25.6 Å². The van der Waals surface area contributed by atoms with Gasteiger partial charge in [-0.1, -0.05) is 94.7 Å². The summed E-state index contributed by atoms with van der Waals surface area (Å²) in [7, 11) is -11.2. The molecule has 6 fully saturated rings. The number of alkyl halides is 5. The third kappa shape index (κ3) is 18.6. The van der Waals surface area contributed by atoms with Gasteiger partial charge in [-0.05, 0) is 154 Å². The van der Waals surface area contributed by atoms with E-state index in [9.17, 15) is 67.9 Å². The first-order valence-corrected chi connectivity index (χ1v) is 41.5. The summed E-state index contributed by atoms with van der Waals surface area (Å²) in [5.41, 5.74) is 0.269. The van der Waals surface area contributed by atoms with Crippen molar-refractivity contribution < 1.29 is 67.9 Å². The van der Waals surface area contributed by atoms with Crippen LogP contribution >= 0.6 is 23.1 Å². The SMILES string of the molecule is Cc1ncsc1-c1ccc([C@H](C)NC(=O)[C@@H]2C[C@@H](O)CN2C(=O)[C@@H](NC(=O)CCCCCC(=O)N2CCN(CC[C@H](CSc3ccccc3)Nc3ccc(S(=O)(=O)NC(=O)c4ccc(N5CCN(CC6=C(C78CC(C(F)F)(C7)C8)CC(C)(C)CC6)CC5)cc4)cc3S(=O)(=O)C(F)(F)F)CC2)C(C)(C)C)cc1. The molecule has 4 aliphatic carbocycles. The number of nitrogens with zero attached hydrogens (tertiary/aromatic N) is 6. The van der Waals surface area contributed by atoms with Crippen molar-refractivity contribution in [2.24, 2.45) is 21.7 Å². The number of hydrogen-bond donors (Lipinski definition) is 5. The molecular formula is C77H99F5N10O10S4. The maximum atomic E-state index is 14.6. The summed E-state index contributed by atoms with van der Waals surface area (Å²) >= 11 is 2.93. The van der Waals surface area contributed by atoms with E-state index in [1.165, 1.54) is 39.9 Å². The number of β-amino-alcohol motifs (C(OH)–C–C–N with tert-alkyl or cyclic N) is 1. The number of piperazine rings is 2. The first kappa shape index (κ1) is 80.0. The molecule has 0 spiro atoms. The minimum absolute atomic E-state index is 0.0438. The lowest BCUT2D eigenvalue weighted by atomic mass is 9.32. The van der Waals surface area contributed by atoms with Gasteiger partial charge in [-0.3, -0.25) is 33.8 Å². The van der Waals surface area contributed by atoms with Gasteiger partial charge >= 0.3 is 5.51 Å². The van der Waals surface area contributed by atoms with Crippen molar-refractivity contribution in [3.05, 3.63) is 131 Å². The number of anilines is 2. The number of sulfonamides is 1. The number of unbranched alkanes of at least 4 members (excludes halogenated alkanes) is 2. The Hall–Kier alpha value is -7.02. The fourth-order valence-electron chi connectivity index (χ4n) is 16.0. The number of thioether (sulfide) groups is 1. The molecular weight excluding hydrogens is 1450 g/mol. The number of benzene rings is 4. The quantitative estimate of drug-likeness (QED) is 0.0129. The highest BCUT2D eigenvalue weighted by Gasteiger charge is 2.73. The van der Waals surface area contributed by atoms with Crippen molar-refractivity contribution in [1.82, 2.24) is 39.9 Å². The smallest absolute Gasteiger partial charge is 0.391 e. The van der Waals surface area contributed by atoms with Crippen molar-refractivity contribution >= 4 is 83.9 Å². The van der Waals surface area contributed by atoms with Gasteiger partial charge in [-0.25, -0.2) is 35.3 Å². The highest BCUT2D eigenvalue weighted by atomic mass is 32.2. The van der Waals surface area contributed by atoms with Gasteiger partial charge in [0.2, 0.25) is 30.1 Å². The summed E-state index contributed by atoms with van der Waals surface area (Å²) in [6.45, 7) is 19.4. The molecule has 12 rings (SSSR count). The molecule has 3 saturated heterocycles. The Balaban J connectivity index is 0.641. The van der Waals surface area contributed by atoms with Crippen LogP contribution in [0.1, 0.15) is 153 Å². The molecule has 4 aromatic carbocycles. The lowest BCUT2D eigenvalue weighted by molar-refractivity contribution is -0.250. The van der Waals surface area contributed by atoms with Crippen molar-refractivity contribution in [1.29, 1.82) is 0 Å². The van der Waals surface area contributed by atoms with E-state index < -0.39 is 106 Å². The molecule has 0 radical (unpaired) electrons. The van der Waals surface area contributed by atoms with E-state index in [2.05, 4.69) is 49.5 Å². The van der Waals surface area contributed by atoms with E-state index in [-0.39, 0.29) is 59.8 Å². The average molecular weight is 1550 g/mol. The van der Waals surface area contributed by atoms with Crippen molar-refractivity contribution in [2.45, 2.75) is 189 Å². The molecule has 2 bridgehead atoms. The molecule has 5 aromatic rings. The summed E-state index contributed by atoms with van der Waals surface area (Å²) in [6.07, 6.45) is 3.59. The second-order valence-electron chi connectivity index (χ2n) is 31.7. The minimum Gasteiger partial charge on any atom is -0.391 e. The van der Waals surface area contributed by atoms with Crippen LogP contribution in [0.5, 0.6) is 0 Å². The number of rotatable bonds is 29. The minimum atomic E-state index is -6.20. The molecule has 5 atom stereocenters. The number of hydrogen-bond acceptors (Lipinski definition) is 17. The van der Waals surface area contributed by atoms with E-state index >= 15 is 0 Å². The van der Waals surface area contributed by atoms with Gasteiger partial charge in [0.05, 0.1) is 38.8 Å². The average Bonchev–Trinajstić information content (AvgIpc) is 1.62. The number of sulfone groups is 1. The van der Waals surface area contributed by atoms with Crippen LogP contribution in [0.3, 0.4) is 0 Å². The highest BCUT2D eigenvalue weighted by Crippen LogP contribution is 2.79. The summed E-state index contributed by atoms with van der Waals surface area (Å²) in [4.78, 5) is 82.5. The number of thiazole rings is 1. The summed E-state index contributed by atoms with van der Waals surface area (Å²) in [5.74, 6) is -2.15. The Morgan fingerprint density at radius 1 is 0.802 bits per heavy atom. The highest BCUT2D eigenvalue weighted by molar-refractivity contribution is 7.99. The van der Waals surface area contributed by atoms with Crippen LogP contribution in [0.15, 0.2) is 128 Å². The number of allylic oxidation sites excluding steroid dienone is 1. The second kappa shape index (κ2) is 32.7. The molecule has 29 heteroatoms. The Morgan fingerprint density at radius 2 is 1.46 bits per heavy atom. The topological polar surface area (TPSA) is 251 Å². The predicted octanol–water partition coefficient (Wildman–Crippen LogP) is 12.0. The monoisotopic (exact) mass is 1550 g/mol. The normalized spacial score (nSPS) is 22.5. The van der Waals surface area contributed by atoms with Gasteiger partial charge in [0.1, 0.15) is 17.0 Å². The maximum Gasteiger partial charge on any atom is 0.501 e.